The van der Waals surface area contributed by atoms with E-state index in [1.807, 2.05) is 0 Å². The zero-order valence-electron chi connectivity index (χ0n) is 12.7. The van der Waals surface area contributed by atoms with Gasteiger partial charge in [0, 0.05) is 5.41 Å². The molecule has 2 saturated carbocycles. The highest BCUT2D eigenvalue weighted by Gasteiger charge is 2.54. The van der Waals surface area contributed by atoms with Crippen LogP contribution >= 0.6 is 0 Å². The molecule has 0 heterocycles. The lowest BCUT2D eigenvalue weighted by Crippen LogP contribution is -2.50. The summed E-state index contributed by atoms with van der Waals surface area (Å²) in [6.45, 7) is 7.12. The van der Waals surface area contributed by atoms with Crippen molar-refractivity contribution in [2.24, 2.45) is 28.6 Å². The van der Waals surface area contributed by atoms with Crippen LogP contribution in [0.3, 0.4) is 0 Å². The second-order valence-corrected chi connectivity index (χ2v) is 7.85. The average molecular weight is 260 g/mol. The Bertz CT molecular complexity index is 410. The first kappa shape index (κ1) is 13.4. The van der Waals surface area contributed by atoms with Gasteiger partial charge in [-0.15, -0.1) is 0 Å². The number of hydrogen-bond acceptors (Lipinski definition) is 1. The molecule has 0 radical (unpaired) electrons. The SMILES string of the molecule is CC1CCC=C2[C@H]1CCC1[C@@]2(C)CCC[C@@]1(C)C=O. The number of allylic oxidation sites excluding steroid dienone is 2. The van der Waals surface area contributed by atoms with Gasteiger partial charge in [-0.1, -0.05) is 38.8 Å². The number of rotatable bonds is 1. The van der Waals surface area contributed by atoms with E-state index in [-0.39, 0.29) is 5.41 Å². The molecule has 0 amide bonds. The molecule has 5 atom stereocenters. The van der Waals surface area contributed by atoms with Crippen molar-refractivity contribution in [2.75, 3.05) is 0 Å². The summed E-state index contributed by atoms with van der Waals surface area (Å²) in [5.41, 5.74) is 1.97. The van der Waals surface area contributed by atoms with Gasteiger partial charge >= 0.3 is 0 Å². The maximum Gasteiger partial charge on any atom is 0.126 e. The van der Waals surface area contributed by atoms with Crippen molar-refractivity contribution in [1.82, 2.24) is 0 Å². The van der Waals surface area contributed by atoms with Gasteiger partial charge in [0.15, 0.2) is 0 Å². The topological polar surface area (TPSA) is 17.1 Å². The summed E-state index contributed by atoms with van der Waals surface area (Å²) in [7, 11) is 0. The van der Waals surface area contributed by atoms with E-state index < -0.39 is 0 Å². The summed E-state index contributed by atoms with van der Waals surface area (Å²) in [4.78, 5) is 11.7. The fraction of sp³-hybridized carbons (Fsp3) is 0.833. The lowest BCUT2D eigenvalue weighted by Gasteiger charge is -2.57. The van der Waals surface area contributed by atoms with Crippen LogP contribution in [0.4, 0.5) is 0 Å². The quantitative estimate of drug-likeness (QED) is 0.490. The number of carbonyl (C=O) groups excluding carboxylic acids is 1. The molecule has 0 aromatic rings. The van der Waals surface area contributed by atoms with E-state index >= 15 is 0 Å². The average Bonchev–Trinajstić information content (AvgIpc) is 2.39. The van der Waals surface area contributed by atoms with Gasteiger partial charge in [0.25, 0.3) is 0 Å². The van der Waals surface area contributed by atoms with Gasteiger partial charge in [0.05, 0.1) is 0 Å². The highest BCUT2D eigenvalue weighted by atomic mass is 16.1. The molecular formula is C18H28O. The molecular weight excluding hydrogens is 232 g/mol. The molecule has 0 N–H and O–H groups in total. The van der Waals surface area contributed by atoms with Crippen LogP contribution in [0.1, 0.15) is 65.7 Å². The molecule has 3 rings (SSSR count). The molecule has 0 aliphatic heterocycles. The van der Waals surface area contributed by atoms with E-state index in [9.17, 15) is 4.79 Å². The number of carbonyl (C=O) groups is 1. The van der Waals surface area contributed by atoms with Gasteiger partial charge in [-0.25, -0.2) is 0 Å². The summed E-state index contributed by atoms with van der Waals surface area (Å²) < 4.78 is 0. The van der Waals surface area contributed by atoms with E-state index in [1.54, 1.807) is 5.57 Å². The fourth-order valence-electron chi connectivity index (χ4n) is 5.65. The van der Waals surface area contributed by atoms with Crippen molar-refractivity contribution in [2.45, 2.75) is 65.7 Å². The Morgan fingerprint density at radius 2 is 2.00 bits per heavy atom. The van der Waals surface area contributed by atoms with Crippen LogP contribution in [0.2, 0.25) is 0 Å². The van der Waals surface area contributed by atoms with Gasteiger partial charge in [0.1, 0.15) is 6.29 Å². The van der Waals surface area contributed by atoms with Crippen LogP contribution in [0.25, 0.3) is 0 Å². The molecule has 0 bridgehead atoms. The zero-order valence-corrected chi connectivity index (χ0v) is 12.7. The minimum Gasteiger partial charge on any atom is -0.303 e. The third kappa shape index (κ3) is 1.84. The lowest BCUT2D eigenvalue weighted by molar-refractivity contribution is -0.126. The Kier molecular flexibility index (Phi) is 3.15. The standard InChI is InChI=1S/C18H28O/c1-13-6-4-7-15-14(13)8-9-16-17(2,12-19)10-5-11-18(15,16)3/h7,12-14,16H,4-6,8-11H2,1-3H3/t13?,14-,16?,17-,18-/m0/s1. The van der Waals surface area contributed by atoms with E-state index in [1.165, 1.54) is 44.8 Å². The summed E-state index contributed by atoms with van der Waals surface area (Å²) in [5, 5.41) is 0. The predicted molar refractivity (Wildman–Crippen MR) is 78.8 cm³/mol. The largest absolute Gasteiger partial charge is 0.303 e. The van der Waals surface area contributed by atoms with Crippen molar-refractivity contribution < 1.29 is 4.79 Å². The first-order valence-corrected chi connectivity index (χ1v) is 8.18. The molecule has 1 nitrogen and oxygen atoms in total. The molecule has 0 spiro atoms. The first-order valence-electron chi connectivity index (χ1n) is 8.18. The normalized spacial score (nSPS) is 49.8. The smallest absolute Gasteiger partial charge is 0.126 e. The molecule has 2 fully saturated rings. The molecule has 0 aromatic heterocycles. The minimum absolute atomic E-state index is 0.0699. The Morgan fingerprint density at radius 1 is 1.21 bits per heavy atom. The van der Waals surface area contributed by atoms with Crippen LogP contribution in [-0.2, 0) is 4.79 Å². The molecule has 1 heteroatoms. The Hall–Kier alpha value is -0.590. The van der Waals surface area contributed by atoms with Gasteiger partial charge in [-0.05, 0) is 61.7 Å². The summed E-state index contributed by atoms with van der Waals surface area (Å²) in [6, 6.07) is 0. The summed E-state index contributed by atoms with van der Waals surface area (Å²) in [6.07, 6.45) is 12.7. The van der Waals surface area contributed by atoms with E-state index in [4.69, 9.17) is 0 Å². The molecule has 0 aromatic carbocycles. The molecule has 106 valence electrons. The fourth-order valence-corrected chi connectivity index (χ4v) is 5.65. The second-order valence-electron chi connectivity index (χ2n) is 7.85. The number of aldehydes is 1. The molecule has 3 aliphatic rings. The van der Waals surface area contributed by atoms with E-state index in [2.05, 4.69) is 26.8 Å². The van der Waals surface area contributed by atoms with Gasteiger partial charge in [0.2, 0.25) is 0 Å². The molecule has 3 aliphatic carbocycles. The van der Waals surface area contributed by atoms with Gasteiger partial charge < -0.3 is 4.79 Å². The minimum atomic E-state index is -0.0699. The van der Waals surface area contributed by atoms with Gasteiger partial charge in [-0.3, -0.25) is 0 Å². The first-order chi connectivity index (χ1) is 9.01. The van der Waals surface area contributed by atoms with Crippen molar-refractivity contribution >= 4 is 6.29 Å². The Labute approximate surface area is 117 Å². The predicted octanol–water partition coefficient (Wildman–Crippen LogP) is 4.76. The van der Waals surface area contributed by atoms with Crippen LogP contribution < -0.4 is 0 Å². The van der Waals surface area contributed by atoms with Crippen LogP contribution in [0.15, 0.2) is 11.6 Å². The van der Waals surface area contributed by atoms with E-state index in [0.29, 0.717) is 11.3 Å². The molecule has 2 unspecified atom stereocenters. The number of fused-ring (bicyclic) bond motifs is 3. The third-order valence-electron chi connectivity index (χ3n) is 6.74. The van der Waals surface area contributed by atoms with Crippen molar-refractivity contribution in [3.05, 3.63) is 11.6 Å². The van der Waals surface area contributed by atoms with E-state index in [0.717, 1.165) is 18.3 Å². The lowest BCUT2D eigenvalue weighted by atomic mass is 9.46. The van der Waals surface area contributed by atoms with Crippen LogP contribution in [0.5, 0.6) is 0 Å². The zero-order chi connectivity index (χ0) is 13.7. The van der Waals surface area contributed by atoms with Crippen molar-refractivity contribution in [3.63, 3.8) is 0 Å². The van der Waals surface area contributed by atoms with Crippen LogP contribution in [-0.4, -0.2) is 6.29 Å². The van der Waals surface area contributed by atoms with Crippen molar-refractivity contribution in [3.8, 4) is 0 Å². The summed E-state index contributed by atoms with van der Waals surface area (Å²) >= 11 is 0. The molecule has 19 heavy (non-hydrogen) atoms. The Morgan fingerprint density at radius 3 is 2.74 bits per heavy atom. The maximum absolute atomic E-state index is 11.7. The van der Waals surface area contributed by atoms with Gasteiger partial charge in [-0.2, -0.15) is 0 Å². The van der Waals surface area contributed by atoms with Crippen LogP contribution in [0, 0.1) is 28.6 Å². The summed E-state index contributed by atoms with van der Waals surface area (Å²) in [5.74, 6) is 2.24. The third-order valence-corrected chi connectivity index (χ3v) is 6.74. The highest BCUT2D eigenvalue weighted by Crippen LogP contribution is 2.62. The van der Waals surface area contributed by atoms with Crippen molar-refractivity contribution in [1.29, 1.82) is 0 Å². The second kappa shape index (κ2) is 4.46. The monoisotopic (exact) mass is 260 g/mol. The molecule has 0 saturated heterocycles. The highest BCUT2D eigenvalue weighted by molar-refractivity contribution is 5.60. The Balaban J connectivity index is 2.01. The number of hydrogen-bond donors (Lipinski definition) is 0. The maximum atomic E-state index is 11.7.